The van der Waals surface area contributed by atoms with Crippen LogP contribution >= 0.6 is 78.3 Å². The average molecular weight is 686 g/mol. The van der Waals surface area contributed by atoms with Crippen molar-refractivity contribution in [2.24, 2.45) is 11.8 Å². The number of ketones is 1. The number of hydrogen-bond donors (Lipinski definition) is 0. The van der Waals surface area contributed by atoms with Crippen LogP contribution < -0.4 is 0 Å². The molecule has 4 rings (SSSR count). The normalized spacial score (nSPS) is 23.9. The Morgan fingerprint density at radius 1 is 0.857 bits per heavy atom. The lowest BCUT2D eigenvalue weighted by Gasteiger charge is -2.30. The predicted octanol–water partition coefficient (Wildman–Crippen LogP) is 6.46. The van der Waals surface area contributed by atoms with E-state index in [1.807, 2.05) is 0 Å². The van der Waals surface area contributed by atoms with Gasteiger partial charge in [0.15, 0.2) is 5.78 Å². The van der Waals surface area contributed by atoms with E-state index < -0.39 is 41.9 Å². The molecule has 2 aromatic rings. The molecule has 1 aliphatic heterocycles. The highest BCUT2D eigenvalue weighted by Crippen LogP contribution is 2.44. The van der Waals surface area contributed by atoms with Crippen molar-refractivity contribution in [2.75, 3.05) is 6.54 Å². The number of amides is 3. The van der Waals surface area contributed by atoms with Crippen molar-refractivity contribution >= 4 is 102 Å². The van der Waals surface area contributed by atoms with Crippen molar-refractivity contribution in [3.05, 3.63) is 67.6 Å². The Labute approximate surface area is 238 Å². The second-order valence-corrected chi connectivity index (χ2v) is 12.3. The molecule has 0 N–H and O–H groups in total. The molecule has 2 fully saturated rings. The van der Waals surface area contributed by atoms with Crippen LogP contribution in [0, 0.1) is 11.8 Å². The van der Waals surface area contributed by atoms with Crippen molar-refractivity contribution in [2.45, 2.75) is 22.5 Å². The summed E-state index contributed by atoms with van der Waals surface area (Å²) in [5.41, 5.74) is 0.155. The third kappa shape index (κ3) is 5.29. The summed E-state index contributed by atoms with van der Waals surface area (Å²) in [7, 11) is 0. The summed E-state index contributed by atoms with van der Waals surface area (Å²) in [6, 6.07) is 8.45. The first-order valence-corrected chi connectivity index (χ1v) is 13.7. The van der Waals surface area contributed by atoms with E-state index in [4.69, 9.17) is 46.4 Å². The average Bonchev–Trinajstić information content (AvgIpc) is 3.03. The van der Waals surface area contributed by atoms with Crippen LogP contribution in [0.5, 0.6) is 0 Å². The molecule has 3 amide bonds. The van der Waals surface area contributed by atoms with Gasteiger partial charge < -0.3 is 0 Å². The zero-order chi connectivity index (χ0) is 25.6. The zero-order valence-electron chi connectivity index (χ0n) is 17.7. The van der Waals surface area contributed by atoms with Gasteiger partial charge in [-0.3, -0.25) is 19.2 Å². The number of hydrogen-bond acceptors (Lipinski definition) is 4. The lowest BCUT2D eigenvalue weighted by atomic mass is 9.81. The third-order valence-electron chi connectivity index (χ3n) is 6.06. The SMILES string of the molecule is O=C(CN(C(=O)c1ccc(Cl)c(Cl)c1)N1C(=O)[C@@H]2C[C@H](Br)[C@@H](Br)C[C@H]2C1=O)c1ccc(Cl)cc1Cl. The van der Waals surface area contributed by atoms with E-state index in [-0.39, 0.29) is 35.8 Å². The summed E-state index contributed by atoms with van der Waals surface area (Å²) in [5.74, 6) is -3.63. The summed E-state index contributed by atoms with van der Waals surface area (Å²) in [6.45, 7) is -0.604. The van der Waals surface area contributed by atoms with Crippen LogP contribution in [0.1, 0.15) is 33.6 Å². The largest absolute Gasteiger partial charge is 0.292 e. The molecule has 1 saturated carbocycles. The lowest BCUT2D eigenvalue weighted by molar-refractivity contribution is -0.154. The summed E-state index contributed by atoms with van der Waals surface area (Å²) in [6.07, 6.45) is 0.820. The Morgan fingerprint density at radius 2 is 1.46 bits per heavy atom. The molecule has 0 bridgehead atoms. The van der Waals surface area contributed by atoms with Gasteiger partial charge in [-0.05, 0) is 49.2 Å². The van der Waals surface area contributed by atoms with Crippen LogP contribution in [0.3, 0.4) is 0 Å². The number of carbonyl (C=O) groups is 4. The first-order valence-electron chi connectivity index (χ1n) is 10.4. The molecule has 2 aliphatic rings. The molecule has 35 heavy (non-hydrogen) atoms. The molecule has 1 aliphatic carbocycles. The van der Waals surface area contributed by atoms with Gasteiger partial charge in [-0.1, -0.05) is 78.3 Å². The minimum absolute atomic E-state index is 0.0193. The van der Waals surface area contributed by atoms with E-state index >= 15 is 0 Å². The van der Waals surface area contributed by atoms with Gasteiger partial charge in [-0.25, -0.2) is 5.01 Å². The topological polar surface area (TPSA) is 74.8 Å². The molecular formula is C23H16Br2Cl4N2O4. The molecule has 1 saturated heterocycles. The van der Waals surface area contributed by atoms with Gasteiger partial charge in [0.05, 0.1) is 26.9 Å². The molecule has 2 aromatic carbocycles. The number of imide groups is 1. The van der Waals surface area contributed by atoms with E-state index in [1.165, 1.54) is 36.4 Å². The third-order valence-corrected chi connectivity index (χ3v) is 10.1. The number of Topliss-reactive ketones (excluding diaryl/α,β-unsaturated/α-hetero) is 1. The van der Waals surface area contributed by atoms with Crippen molar-refractivity contribution < 1.29 is 19.2 Å². The first kappa shape index (κ1) is 26.9. The van der Waals surface area contributed by atoms with Gasteiger partial charge in [0.2, 0.25) is 0 Å². The summed E-state index contributed by atoms with van der Waals surface area (Å²) in [4.78, 5) is 53.5. The number of rotatable bonds is 5. The van der Waals surface area contributed by atoms with E-state index in [0.717, 1.165) is 10.0 Å². The van der Waals surface area contributed by atoms with Crippen LogP contribution in [0.15, 0.2) is 36.4 Å². The maximum Gasteiger partial charge on any atom is 0.273 e. The van der Waals surface area contributed by atoms with Crippen molar-refractivity contribution in [3.8, 4) is 0 Å². The maximum atomic E-state index is 13.6. The van der Waals surface area contributed by atoms with Gasteiger partial charge in [0, 0.05) is 25.8 Å². The number of carbonyl (C=O) groups excluding carboxylic acids is 4. The second kappa shape index (κ2) is 10.7. The van der Waals surface area contributed by atoms with Crippen molar-refractivity contribution in [3.63, 3.8) is 0 Å². The predicted molar refractivity (Wildman–Crippen MR) is 142 cm³/mol. The number of fused-ring (bicyclic) bond motifs is 1. The van der Waals surface area contributed by atoms with Gasteiger partial charge in [-0.15, -0.1) is 0 Å². The first-order chi connectivity index (χ1) is 16.5. The summed E-state index contributed by atoms with van der Waals surface area (Å²) in [5, 5.41) is 2.42. The van der Waals surface area contributed by atoms with E-state index in [0.29, 0.717) is 17.9 Å². The van der Waals surface area contributed by atoms with Crippen LogP contribution in [0.4, 0.5) is 0 Å². The Morgan fingerprint density at radius 3 is 2.00 bits per heavy atom. The summed E-state index contributed by atoms with van der Waals surface area (Å²) >= 11 is 31.3. The highest BCUT2D eigenvalue weighted by Gasteiger charge is 2.54. The molecule has 4 atom stereocenters. The number of alkyl halides is 2. The molecular weight excluding hydrogens is 670 g/mol. The molecule has 12 heteroatoms. The number of hydrazine groups is 1. The fourth-order valence-corrected chi connectivity index (χ4v) is 6.31. The molecule has 184 valence electrons. The number of nitrogens with zero attached hydrogens (tertiary/aromatic N) is 2. The fraction of sp³-hybridized carbons (Fsp3) is 0.304. The zero-order valence-corrected chi connectivity index (χ0v) is 23.9. The molecule has 0 unspecified atom stereocenters. The van der Waals surface area contributed by atoms with Gasteiger partial charge in [0.25, 0.3) is 17.7 Å². The smallest absolute Gasteiger partial charge is 0.273 e. The van der Waals surface area contributed by atoms with E-state index in [2.05, 4.69) is 31.9 Å². The molecule has 6 nitrogen and oxygen atoms in total. The van der Waals surface area contributed by atoms with Gasteiger partial charge in [-0.2, -0.15) is 5.01 Å². The number of halogens is 6. The Balaban J connectivity index is 1.73. The second-order valence-electron chi connectivity index (χ2n) is 8.24. The van der Waals surface area contributed by atoms with Gasteiger partial charge in [0.1, 0.15) is 6.54 Å². The van der Waals surface area contributed by atoms with Crippen molar-refractivity contribution in [1.82, 2.24) is 10.0 Å². The minimum Gasteiger partial charge on any atom is -0.292 e. The van der Waals surface area contributed by atoms with E-state index in [1.54, 1.807) is 0 Å². The minimum atomic E-state index is -0.756. The molecule has 0 radical (unpaired) electrons. The molecule has 0 aromatic heterocycles. The van der Waals surface area contributed by atoms with Crippen LogP contribution in [0.25, 0.3) is 0 Å². The van der Waals surface area contributed by atoms with E-state index in [9.17, 15) is 19.2 Å². The van der Waals surface area contributed by atoms with Crippen LogP contribution in [0.2, 0.25) is 20.1 Å². The monoisotopic (exact) mass is 682 g/mol. The highest BCUT2D eigenvalue weighted by atomic mass is 79.9. The van der Waals surface area contributed by atoms with Crippen LogP contribution in [-0.4, -0.2) is 49.7 Å². The van der Waals surface area contributed by atoms with Crippen LogP contribution in [-0.2, 0) is 9.59 Å². The number of benzene rings is 2. The Kier molecular flexibility index (Phi) is 8.20. The fourth-order valence-electron chi connectivity index (χ4n) is 4.26. The summed E-state index contributed by atoms with van der Waals surface area (Å²) < 4.78 is 0. The Bertz CT molecular complexity index is 1220. The maximum absolute atomic E-state index is 13.6. The highest BCUT2D eigenvalue weighted by molar-refractivity contribution is 9.12. The lowest BCUT2D eigenvalue weighted by Crippen LogP contribution is -2.52. The van der Waals surface area contributed by atoms with Gasteiger partial charge >= 0.3 is 0 Å². The Hall–Kier alpha value is -1.16. The standard InChI is InChI=1S/C23H16Br2Cl4N2O4/c24-15-7-13-14(8-16(15)25)23(35)31(22(13)34)30(21(33)10-1-4-17(27)19(29)5-10)9-20(32)12-3-2-11(26)6-18(12)28/h1-6,13-16H,7-9H2/t13-,14-,15+,16+/m1/s1. The van der Waals surface area contributed by atoms with Crippen molar-refractivity contribution in [1.29, 1.82) is 0 Å². The quantitative estimate of drug-likeness (QED) is 0.206. The molecule has 1 heterocycles. The molecule has 0 spiro atoms.